The van der Waals surface area contributed by atoms with E-state index in [1.807, 2.05) is 10.7 Å². The van der Waals surface area contributed by atoms with Gasteiger partial charge in [0.25, 0.3) is 16.1 Å². The van der Waals surface area contributed by atoms with Gasteiger partial charge in [0.05, 0.1) is 11.6 Å². The fourth-order valence-electron chi connectivity index (χ4n) is 4.17. The normalized spacial score (nSPS) is 22.8. The topological polar surface area (TPSA) is 121 Å². The maximum Gasteiger partial charge on any atom is 0.282 e. The molecule has 0 aliphatic carbocycles. The Hall–Kier alpha value is -1.79. The Kier molecular flexibility index (Phi) is 5.76. The van der Waals surface area contributed by atoms with Crippen LogP contribution in [0.25, 0.3) is 11.0 Å². The molecule has 2 aliphatic rings. The van der Waals surface area contributed by atoms with Crippen LogP contribution in [0.4, 0.5) is 0 Å². The Morgan fingerprint density at radius 2 is 1.93 bits per heavy atom. The number of nitrogens with one attached hydrogen (secondary N) is 1. The summed E-state index contributed by atoms with van der Waals surface area (Å²) in [4.78, 5) is 11.9. The van der Waals surface area contributed by atoms with Gasteiger partial charge in [0.1, 0.15) is 11.6 Å². The van der Waals surface area contributed by atoms with Gasteiger partial charge in [-0.05, 0) is 43.9 Å². The summed E-state index contributed by atoms with van der Waals surface area (Å²) in [7, 11) is -3.80. The van der Waals surface area contributed by atoms with Crippen molar-refractivity contribution in [2.75, 3.05) is 19.6 Å². The number of rotatable bonds is 4. The van der Waals surface area contributed by atoms with Gasteiger partial charge in [-0.25, -0.2) is 10.2 Å². The zero-order valence-corrected chi connectivity index (χ0v) is 17.3. The number of aromatic nitrogens is 3. The quantitative estimate of drug-likeness (QED) is 0.544. The van der Waals surface area contributed by atoms with E-state index in [1.54, 1.807) is 17.6 Å². The second-order valence-corrected chi connectivity index (χ2v) is 9.72. The molecule has 2 aliphatic heterocycles. The molecule has 0 radical (unpaired) electrons. The fourth-order valence-corrected chi connectivity index (χ4v) is 6.19. The van der Waals surface area contributed by atoms with E-state index in [-0.39, 0.29) is 12.6 Å². The predicted molar refractivity (Wildman–Crippen MR) is 106 cm³/mol. The van der Waals surface area contributed by atoms with Gasteiger partial charge in [-0.15, -0.1) is 5.10 Å². The number of hydrogen-bond donors (Lipinski definition) is 2. The molecule has 4 rings (SSSR count). The molecule has 12 heteroatoms. The average Bonchev–Trinajstić information content (AvgIpc) is 3.16. The van der Waals surface area contributed by atoms with Crippen LogP contribution >= 0.6 is 11.6 Å². The number of hydroxylamine groups is 1. The van der Waals surface area contributed by atoms with Gasteiger partial charge < -0.3 is 0 Å². The van der Waals surface area contributed by atoms with Crippen molar-refractivity contribution in [3.05, 3.63) is 23.2 Å². The summed E-state index contributed by atoms with van der Waals surface area (Å²) >= 11 is 6.00. The maximum absolute atomic E-state index is 13.2. The second-order valence-electron chi connectivity index (χ2n) is 7.40. The van der Waals surface area contributed by atoms with Gasteiger partial charge in [0.2, 0.25) is 0 Å². The zero-order valence-electron chi connectivity index (χ0n) is 15.7. The summed E-state index contributed by atoms with van der Waals surface area (Å²) in [6.45, 7) is 0.923. The number of carbonyl (C=O) groups excluding carboxylic acids is 1. The third-order valence-corrected chi connectivity index (χ3v) is 7.97. The molecule has 3 heterocycles. The van der Waals surface area contributed by atoms with E-state index in [2.05, 4.69) is 10.3 Å². The first-order valence-corrected chi connectivity index (χ1v) is 11.4. The molecule has 1 unspecified atom stereocenters. The van der Waals surface area contributed by atoms with Gasteiger partial charge in [-0.3, -0.25) is 10.0 Å². The van der Waals surface area contributed by atoms with E-state index in [9.17, 15) is 13.2 Å². The van der Waals surface area contributed by atoms with Crippen molar-refractivity contribution in [3.8, 4) is 0 Å². The number of benzene rings is 1. The van der Waals surface area contributed by atoms with Crippen molar-refractivity contribution in [3.63, 3.8) is 0 Å². The second kappa shape index (κ2) is 8.15. The molecular weight excluding hydrogens is 420 g/mol. The Balaban J connectivity index is 1.48. The smallest absolute Gasteiger partial charge is 0.282 e. The summed E-state index contributed by atoms with van der Waals surface area (Å²) in [6, 6.07) is 4.56. The van der Waals surface area contributed by atoms with E-state index >= 15 is 0 Å². The zero-order chi connectivity index (χ0) is 20.6. The van der Waals surface area contributed by atoms with Crippen molar-refractivity contribution in [2.24, 2.45) is 0 Å². The largest absolute Gasteiger partial charge is 0.289 e. The van der Waals surface area contributed by atoms with Crippen LogP contribution in [0.15, 0.2) is 18.2 Å². The number of piperidine rings is 2. The number of fused-ring (bicyclic) bond motifs is 1. The first-order chi connectivity index (χ1) is 13.9. The minimum absolute atomic E-state index is 0.0329. The third kappa shape index (κ3) is 3.84. The first kappa shape index (κ1) is 20.5. The summed E-state index contributed by atoms with van der Waals surface area (Å²) in [6.07, 6.45) is 3.01. The van der Waals surface area contributed by atoms with Crippen LogP contribution in [0.3, 0.4) is 0 Å². The highest BCUT2D eigenvalue weighted by molar-refractivity contribution is 7.86. The minimum Gasteiger partial charge on any atom is -0.289 e. The van der Waals surface area contributed by atoms with Crippen molar-refractivity contribution >= 4 is 38.8 Å². The highest BCUT2D eigenvalue weighted by Crippen LogP contribution is 2.30. The monoisotopic (exact) mass is 442 g/mol. The Morgan fingerprint density at radius 3 is 2.66 bits per heavy atom. The highest BCUT2D eigenvalue weighted by atomic mass is 35.5. The van der Waals surface area contributed by atoms with Gasteiger partial charge in [0.15, 0.2) is 0 Å². The summed E-state index contributed by atoms with van der Waals surface area (Å²) in [5.74, 6) is -0.684. The molecular formula is C17H23ClN6O4S. The molecule has 29 heavy (non-hydrogen) atoms. The number of nitrogens with zero attached hydrogens (tertiary/aromatic N) is 5. The van der Waals surface area contributed by atoms with E-state index in [0.29, 0.717) is 49.3 Å². The van der Waals surface area contributed by atoms with Crippen LogP contribution < -0.4 is 5.48 Å². The van der Waals surface area contributed by atoms with Crippen molar-refractivity contribution in [1.82, 2.24) is 29.1 Å². The first-order valence-electron chi connectivity index (χ1n) is 9.63. The van der Waals surface area contributed by atoms with Crippen molar-refractivity contribution < 1.29 is 18.4 Å². The van der Waals surface area contributed by atoms with Gasteiger partial charge >= 0.3 is 0 Å². The molecule has 2 fully saturated rings. The minimum atomic E-state index is -3.80. The van der Waals surface area contributed by atoms with Crippen LogP contribution in [0.2, 0.25) is 5.02 Å². The lowest BCUT2D eigenvalue weighted by Crippen LogP contribution is -2.56. The standard InChI is InChI=1S/C17H23ClN6O4S/c18-12-4-5-15-14(11-12)19-21-24(15)13-6-9-22(10-7-13)29(27,28)23-8-2-1-3-16(23)17(25)20-26/h4-5,11,13,16,26H,1-3,6-10H2,(H,20,25). The molecule has 158 valence electrons. The number of halogens is 1. The Labute approximate surface area is 173 Å². The third-order valence-electron chi connectivity index (χ3n) is 5.69. The molecule has 1 aromatic heterocycles. The molecule has 2 aromatic rings. The van der Waals surface area contributed by atoms with Gasteiger partial charge in [-0.2, -0.15) is 17.0 Å². The van der Waals surface area contributed by atoms with Crippen LogP contribution in [-0.4, -0.2) is 68.8 Å². The van der Waals surface area contributed by atoms with Gasteiger partial charge in [-0.1, -0.05) is 23.2 Å². The number of amides is 1. The molecule has 1 atom stereocenters. The van der Waals surface area contributed by atoms with Gasteiger partial charge in [0, 0.05) is 24.7 Å². The number of hydrogen-bond acceptors (Lipinski definition) is 6. The fraction of sp³-hybridized carbons (Fsp3) is 0.588. The van der Waals surface area contributed by atoms with Crippen LogP contribution in [0, 0.1) is 0 Å². The Bertz CT molecular complexity index is 1000. The van der Waals surface area contributed by atoms with Crippen LogP contribution in [-0.2, 0) is 15.0 Å². The lowest BCUT2D eigenvalue weighted by molar-refractivity contribution is -0.134. The molecule has 10 nitrogen and oxygen atoms in total. The molecule has 0 spiro atoms. The average molecular weight is 443 g/mol. The molecule has 1 aromatic carbocycles. The van der Waals surface area contributed by atoms with E-state index < -0.39 is 22.2 Å². The predicted octanol–water partition coefficient (Wildman–Crippen LogP) is 1.33. The summed E-state index contributed by atoms with van der Waals surface area (Å²) in [5, 5.41) is 17.9. The molecule has 0 bridgehead atoms. The summed E-state index contributed by atoms with van der Waals surface area (Å²) < 4.78 is 30.8. The lowest BCUT2D eigenvalue weighted by atomic mass is 10.0. The Morgan fingerprint density at radius 1 is 1.17 bits per heavy atom. The molecule has 2 saturated heterocycles. The number of carbonyl (C=O) groups is 1. The van der Waals surface area contributed by atoms with E-state index in [0.717, 1.165) is 11.9 Å². The molecule has 0 saturated carbocycles. The SMILES string of the molecule is O=C(NO)C1CCCCN1S(=O)(=O)N1CCC(n2nnc3cc(Cl)ccc32)CC1. The summed E-state index contributed by atoms with van der Waals surface area (Å²) in [5.41, 5.74) is 3.17. The van der Waals surface area contributed by atoms with Crippen molar-refractivity contribution in [2.45, 2.75) is 44.2 Å². The molecule has 1 amide bonds. The van der Waals surface area contributed by atoms with E-state index in [1.165, 1.54) is 8.61 Å². The van der Waals surface area contributed by atoms with Crippen molar-refractivity contribution in [1.29, 1.82) is 0 Å². The highest BCUT2D eigenvalue weighted by Gasteiger charge is 2.41. The van der Waals surface area contributed by atoms with E-state index in [4.69, 9.17) is 16.8 Å². The molecule has 2 N–H and O–H groups in total. The van der Waals surface area contributed by atoms with Crippen LogP contribution in [0.5, 0.6) is 0 Å². The maximum atomic E-state index is 13.2. The van der Waals surface area contributed by atoms with Crippen LogP contribution in [0.1, 0.15) is 38.1 Å². The lowest BCUT2D eigenvalue weighted by Gasteiger charge is -2.39.